The lowest BCUT2D eigenvalue weighted by atomic mass is 10.0. The van der Waals surface area contributed by atoms with Crippen molar-refractivity contribution in [2.45, 2.75) is 19.4 Å². The Hall–Kier alpha value is -1.04. The second kappa shape index (κ2) is 6.81. The van der Waals surface area contributed by atoms with Crippen LogP contribution in [-0.4, -0.2) is 19.8 Å². The Morgan fingerprint density at radius 1 is 1.24 bits per heavy atom. The lowest BCUT2D eigenvalue weighted by Gasteiger charge is -2.25. The van der Waals surface area contributed by atoms with Gasteiger partial charge in [-0.05, 0) is 40.7 Å². The van der Waals surface area contributed by atoms with Crippen molar-refractivity contribution in [3.05, 3.63) is 44.6 Å². The molecule has 0 saturated carbocycles. The summed E-state index contributed by atoms with van der Waals surface area (Å²) in [7, 11) is 0. The number of nitrogens with one attached hydrogen (secondary N) is 1. The highest BCUT2D eigenvalue weighted by atomic mass is 79.9. The summed E-state index contributed by atoms with van der Waals surface area (Å²) >= 11 is 5.31. The quantitative estimate of drug-likeness (QED) is 0.859. The van der Waals surface area contributed by atoms with Gasteiger partial charge >= 0.3 is 0 Å². The topological polar surface area (TPSA) is 30.5 Å². The summed E-state index contributed by atoms with van der Waals surface area (Å²) in [5.74, 6) is 1.75. The molecule has 1 aliphatic rings. The molecule has 1 aromatic heterocycles. The van der Waals surface area contributed by atoms with E-state index in [4.69, 9.17) is 9.47 Å². The van der Waals surface area contributed by atoms with E-state index in [0.717, 1.165) is 24.5 Å². The van der Waals surface area contributed by atoms with Gasteiger partial charge in [0.1, 0.15) is 13.2 Å². The van der Waals surface area contributed by atoms with Crippen LogP contribution in [0.5, 0.6) is 11.5 Å². The number of hydrogen-bond acceptors (Lipinski definition) is 4. The molecular weight excluding hydrogens is 350 g/mol. The van der Waals surface area contributed by atoms with E-state index in [1.807, 2.05) is 12.1 Å². The fourth-order valence-electron chi connectivity index (χ4n) is 2.57. The summed E-state index contributed by atoms with van der Waals surface area (Å²) in [6, 6.07) is 10.6. The first-order chi connectivity index (χ1) is 10.3. The van der Waals surface area contributed by atoms with E-state index in [0.29, 0.717) is 13.2 Å². The maximum absolute atomic E-state index is 5.85. The number of likely N-dealkylation sites (N-methyl/N-ethyl adjacent to an activating group) is 1. The molecular formula is C16H18BrNO2S. The van der Waals surface area contributed by atoms with Crippen molar-refractivity contribution >= 4 is 27.3 Å². The molecule has 2 aromatic rings. The van der Waals surface area contributed by atoms with E-state index in [-0.39, 0.29) is 6.04 Å². The molecule has 0 radical (unpaired) electrons. The van der Waals surface area contributed by atoms with Gasteiger partial charge in [0.2, 0.25) is 0 Å². The maximum atomic E-state index is 5.85. The maximum Gasteiger partial charge on any atom is 0.166 e. The van der Waals surface area contributed by atoms with Crippen molar-refractivity contribution in [3.63, 3.8) is 0 Å². The Morgan fingerprint density at radius 3 is 2.86 bits per heavy atom. The molecule has 0 aliphatic carbocycles. The van der Waals surface area contributed by atoms with Gasteiger partial charge in [-0.15, -0.1) is 11.3 Å². The van der Waals surface area contributed by atoms with Crippen LogP contribution in [0.2, 0.25) is 0 Å². The molecule has 0 saturated heterocycles. The summed E-state index contributed by atoms with van der Waals surface area (Å²) in [5.41, 5.74) is 1.18. The molecule has 1 aromatic carbocycles. The van der Waals surface area contributed by atoms with Crippen LogP contribution in [0.4, 0.5) is 0 Å². The summed E-state index contributed by atoms with van der Waals surface area (Å²) < 4.78 is 12.7. The highest BCUT2D eigenvalue weighted by Crippen LogP contribution is 2.38. The highest BCUT2D eigenvalue weighted by molar-refractivity contribution is 9.11. The SMILES string of the molecule is CCNC(Cc1ccc(Br)s1)c1cccc2c1OCCO2. The minimum absolute atomic E-state index is 0.234. The van der Waals surface area contributed by atoms with Crippen molar-refractivity contribution in [2.24, 2.45) is 0 Å². The van der Waals surface area contributed by atoms with Crippen LogP contribution >= 0.6 is 27.3 Å². The Balaban J connectivity index is 1.90. The predicted octanol–water partition coefficient (Wildman–Crippen LogP) is 4.18. The molecule has 21 heavy (non-hydrogen) atoms. The summed E-state index contributed by atoms with van der Waals surface area (Å²) in [5, 5.41) is 3.56. The van der Waals surface area contributed by atoms with Crippen LogP contribution < -0.4 is 14.8 Å². The van der Waals surface area contributed by atoms with Gasteiger partial charge in [-0.2, -0.15) is 0 Å². The van der Waals surface area contributed by atoms with Crippen molar-refractivity contribution in [1.82, 2.24) is 5.32 Å². The number of fused-ring (bicyclic) bond motifs is 1. The standard InChI is InChI=1S/C16H18BrNO2S/c1-2-18-13(10-11-6-7-15(17)21-11)12-4-3-5-14-16(12)20-9-8-19-14/h3-7,13,18H,2,8-10H2,1H3. The molecule has 3 nitrogen and oxygen atoms in total. The molecule has 112 valence electrons. The van der Waals surface area contributed by atoms with Gasteiger partial charge in [0.25, 0.3) is 0 Å². The first-order valence-electron chi connectivity index (χ1n) is 7.14. The Kier molecular flexibility index (Phi) is 4.83. The van der Waals surface area contributed by atoms with Gasteiger partial charge in [0, 0.05) is 22.9 Å². The smallest absolute Gasteiger partial charge is 0.166 e. The minimum Gasteiger partial charge on any atom is -0.486 e. The zero-order valence-electron chi connectivity index (χ0n) is 11.9. The van der Waals surface area contributed by atoms with Crippen LogP contribution in [-0.2, 0) is 6.42 Å². The van der Waals surface area contributed by atoms with Gasteiger partial charge in [0.15, 0.2) is 11.5 Å². The molecule has 2 heterocycles. The van der Waals surface area contributed by atoms with E-state index in [9.17, 15) is 0 Å². The lowest BCUT2D eigenvalue weighted by molar-refractivity contribution is 0.168. The van der Waals surface area contributed by atoms with E-state index in [1.165, 1.54) is 14.2 Å². The summed E-state index contributed by atoms with van der Waals surface area (Å²) in [6.07, 6.45) is 0.948. The zero-order chi connectivity index (χ0) is 14.7. The predicted molar refractivity (Wildman–Crippen MR) is 89.6 cm³/mol. The number of halogens is 1. The third-order valence-corrected chi connectivity index (χ3v) is 5.10. The second-order valence-electron chi connectivity index (χ2n) is 4.89. The van der Waals surface area contributed by atoms with Gasteiger partial charge in [-0.3, -0.25) is 0 Å². The second-order valence-corrected chi connectivity index (χ2v) is 7.44. The number of rotatable bonds is 5. The van der Waals surface area contributed by atoms with E-state index < -0.39 is 0 Å². The van der Waals surface area contributed by atoms with Gasteiger partial charge < -0.3 is 14.8 Å². The molecule has 0 amide bonds. The van der Waals surface area contributed by atoms with Crippen LogP contribution in [0, 0.1) is 0 Å². The van der Waals surface area contributed by atoms with Gasteiger partial charge in [0.05, 0.1) is 3.79 Å². The summed E-state index contributed by atoms with van der Waals surface area (Å²) in [4.78, 5) is 1.35. The molecule has 5 heteroatoms. The first-order valence-corrected chi connectivity index (χ1v) is 8.75. The van der Waals surface area contributed by atoms with Crippen molar-refractivity contribution in [1.29, 1.82) is 0 Å². The number of para-hydroxylation sites is 1. The molecule has 0 spiro atoms. The Bertz CT molecular complexity index is 614. The fourth-order valence-corrected chi connectivity index (χ4v) is 4.10. The van der Waals surface area contributed by atoms with Gasteiger partial charge in [-0.1, -0.05) is 19.1 Å². The van der Waals surface area contributed by atoms with Crippen LogP contribution in [0.25, 0.3) is 0 Å². The molecule has 3 rings (SSSR count). The highest BCUT2D eigenvalue weighted by Gasteiger charge is 2.22. The van der Waals surface area contributed by atoms with E-state index >= 15 is 0 Å². The average Bonchev–Trinajstić information content (AvgIpc) is 2.91. The Labute approximate surface area is 137 Å². The third kappa shape index (κ3) is 3.42. The number of thiophene rings is 1. The number of hydrogen-bond donors (Lipinski definition) is 1. The summed E-state index contributed by atoms with van der Waals surface area (Å²) in [6.45, 7) is 4.29. The van der Waals surface area contributed by atoms with Crippen LogP contribution in [0.15, 0.2) is 34.1 Å². The molecule has 0 bridgehead atoms. The molecule has 1 N–H and O–H groups in total. The van der Waals surface area contributed by atoms with Crippen LogP contribution in [0.3, 0.4) is 0 Å². The lowest BCUT2D eigenvalue weighted by Crippen LogP contribution is -2.25. The van der Waals surface area contributed by atoms with Crippen molar-refractivity contribution in [2.75, 3.05) is 19.8 Å². The van der Waals surface area contributed by atoms with E-state index in [1.54, 1.807) is 11.3 Å². The van der Waals surface area contributed by atoms with Gasteiger partial charge in [-0.25, -0.2) is 0 Å². The van der Waals surface area contributed by atoms with Crippen molar-refractivity contribution < 1.29 is 9.47 Å². The molecule has 0 fully saturated rings. The first kappa shape index (κ1) is 14.9. The Morgan fingerprint density at radius 2 is 2.10 bits per heavy atom. The third-order valence-electron chi connectivity index (χ3n) is 3.46. The normalized spacial score (nSPS) is 15.0. The molecule has 1 atom stereocenters. The number of benzene rings is 1. The molecule has 1 unspecified atom stereocenters. The van der Waals surface area contributed by atoms with Crippen LogP contribution in [0.1, 0.15) is 23.4 Å². The zero-order valence-corrected chi connectivity index (χ0v) is 14.3. The van der Waals surface area contributed by atoms with E-state index in [2.05, 4.69) is 46.4 Å². The van der Waals surface area contributed by atoms with Crippen molar-refractivity contribution in [3.8, 4) is 11.5 Å². The minimum atomic E-state index is 0.234. The largest absolute Gasteiger partial charge is 0.486 e. The monoisotopic (exact) mass is 367 g/mol. The number of ether oxygens (including phenoxy) is 2. The molecule has 1 aliphatic heterocycles. The fraction of sp³-hybridized carbons (Fsp3) is 0.375. The average molecular weight is 368 g/mol.